The maximum absolute atomic E-state index is 11.8. The smallest absolute Gasteiger partial charge is 0.365 e. The fraction of sp³-hybridized carbons (Fsp3) is 0.778. The number of hydrogen-bond acceptors (Lipinski definition) is 5. The van der Waals surface area contributed by atoms with Crippen LogP contribution in [-0.2, 0) is 17.8 Å². The number of aromatic nitrogens is 2. The Balaban J connectivity index is 2.26. The van der Waals surface area contributed by atoms with Gasteiger partial charge in [-0.05, 0) is 6.54 Å². The Morgan fingerprint density at radius 1 is 1.29 bits per heavy atom. The van der Waals surface area contributed by atoms with Crippen molar-refractivity contribution >= 4 is 11.3 Å². The Morgan fingerprint density at radius 3 is 2.65 bits per heavy atom. The molecule has 0 bridgehead atoms. The summed E-state index contributed by atoms with van der Waals surface area (Å²) in [5.41, 5.74) is 0. The van der Waals surface area contributed by atoms with E-state index in [1.807, 2.05) is 6.92 Å². The van der Waals surface area contributed by atoms with E-state index >= 15 is 0 Å². The predicted octanol–water partition coefficient (Wildman–Crippen LogP) is 1.77. The van der Waals surface area contributed by atoms with Crippen LogP contribution in [0.5, 0.6) is 0 Å². The minimum atomic E-state index is -4.29. The Bertz CT molecular complexity index is 330. The maximum Gasteiger partial charge on any atom is 0.411 e. The fourth-order valence-corrected chi connectivity index (χ4v) is 1.86. The van der Waals surface area contributed by atoms with Crippen LogP contribution in [-0.4, -0.2) is 36.1 Å². The van der Waals surface area contributed by atoms with E-state index in [1.165, 1.54) is 11.3 Å². The summed E-state index contributed by atoms with van der Waals surface area (Å²) in [6, 6.07) is 0. The van der Waals surface area contributed by atoms with Gasteiger partial charge in [0.25, 0.3) is 0 Å². The molecule has 0 fully saturated rings. The summed E-state index contributed by atoms with van der Waals surface area (Å²) in [6.07, 6.45) is -3.57. The topological polar surface area (TPSA) is 47.0 Å². The first-order chi connectivity index (χ1) is 8.01. The number of nitrogens with one attached hydrogen (secondary N) is 1. The summed E-state index contributed by atoms with van der Waals surface area (Å²) in [5.74, 6) is 0. The van der Waals surface area contributed by atoms with Gasteiger partial charge in [-0.1, -0.05) is 18.3 Å². The van der Waals surface area contributed by atoms with Crippen LogP contribution in [0, 0.1) is 0 Å². The van der Waals surface area contributed by atoms with Crippen LogP contribution >= 0.6 is 11.3 Å². The summed E-state index contributed by atoms with van der Waals surface area (Å²) < 4.78 is 39.9. The van der Waals surface area contributed by atoms with Crippen LogP contribution in [0.4, 0.5) is 13.2 Å². The first-order valence-corrected chi connectivity index (χ1v) is 5.99. The lowest BCUT2D eigenvalue weighted by Crippen LogP contribution is -2.16. The molecule has 1 aromatic rings. The Labute approximate surface area is 101 Å². The molecule has 0 aliphatic carbocycles. The van der Waals surface area contributed by atoms with Crippen LogP contribution in [0.1, 0.15) is 16.9 Å². The SMILES string of the molecule is CCNCCc1nnc(COCC(F)(F)F)s1. The summed E-state index contributed by atoms with van der Waals surface area (Å²) >= 11 is 1.28. The molecule has 98 valence electrons. The average Bonchev–Trinajstić information content (AvgIpc) is 2.64. The zero-order valence-corrected chi connectivity index (χ0v) is 10.2. The molecule has 4 nitrogen and oxygen atoms in total. The lowest BCUT2D eigenvalue weighted by molar-refractivity contribution is -0.176. The summed E-state index contributed by atoms with van der Waals surface area (Å²) in [6.45, 7) is 2.27. The quantitative estimate of drug-likeness (QED) is 0.766. The van der Waals surface area contributed by atoms with E-state index in [-0.39, 0.29) is 6.61 Å². The highest BCUT2D eigenvalue weighted by atomic mass is 32.1. The lowest BCUT2D eigenvalue weighted by atomic mass is 10.4. The number of hydrogen-bond donors (Lipinski definition) is 1. The second-order valence-corrected chi connectivity index (χ2v) is 4.45. The molecule has 0 saturated carbocycles. The van der Waals surface area contributed by atoms with Crippen LogP contribution in [0.3, 0.4) is 0 Å². The third-order valence-corrected chi connectivity index (χ3v) is 2.72. The maximum atomic E-state index is 11.8. The fourth-order valence-electron chi connectivity index (χ4n) is 1.07. The van der Waals surface area contributed by atoms with Gasteiger partial charge in [0.2, 0.25) is 0 Å². The third-order valence-electron chi connectivity index (χ3n) is 1.77. The van der Waals surface area contributed by atoms with Gasteiger partial charge in [0.05, 0.1) is 0 Å². The highest BCUT2D eigenvalue weighted by molar-refractivity contribution is 7.11. The number of nitrogens with zero attached hydrogens (tertiary/aromatic N) is 2. The standard InChI is InChI=1S/C9H14F3N3OS/c1-2-13-4-3-7-14-15-8(17-7)5-16-6-9(10,11)12/h13H,2-6H2,1H3. The van der Waals surface area contributed by atoms with Gasteiger partial charge in [-0.3, -0.25) is 0 Å². The van der Waals surface area contributed by atoms with Crippen molar-refractivity contribution in [3.05, 3.63) is 10.0 Å². The molecule has 0 unspecified atom stereocenters. The van der Waals surface area contributed by atoms with Gasteiger partial charge < -0.3 is 10.1 Å². The highest BCUT2D eigenvalue weighted by Gasteiger charge is 2.27. The van der Waals surface area contributed by atoms with E-state index in [4.69, 9.17) is 0 Å². The van der Waals surface area contributed by atoms with Crippen LogP contribution < -0.4 is 5.32 Å². The summed E-state index contributed by atoms with van der Waals surface area (Å²) in [5, 5.41) is 12.0. The molecular weight excluding hydrogens is 255 g/mol. The lowest BCUT2D eigenvalue weighted by Gasteiger charge is -2.04. The van der Waals surface area contributed by atoms with Crippen LogP contribution in [0.15, 0.2) is 0 Å². The van der Waals surface area contributed by atoms with Gasteiger partial charge >= 0.3 is 6.18 Å². The number of likely N-dealkylation sites (N-methyl/N-ethyl adjacent to an activating group) is 1. The molecule has 0 atom stereocenters. The molecule has 0 aromatic carbocycles. The molecule has 1 heterocycles. The first kappa shape index (κ1) is 14.3. The normalized spacial score (nSPS) is 12.0. The zero-order valence-electron chi connectivity index (χ0n) is 9.38. The molecule has 0 radical (unpaired) electrons. The molecule has 1 rings (SSSR count). The molecule has 0 saturated heterocycles. The number of ether oxygens (including phenoxy) is 1. The van der Waals surface area contributed by atoms with E-state index in [0.717, 1.165) is 24.5 Å². The van der Waals surface area contributed by atoms with E-state index in [2.05, 4.69) is 20.3 Å². The highest BCUT2D eigenvalue weighted by Crippen LogP contribution is 2.17. The van der Waals surface area contributed by atoms with Gasteiger partial charge in [0, 0.05) is 13.0 Å². The minimum absolute atomic E-state index is 0.140. The second-order valence-electron chi connectivity index (χ2n) is 3.30. The third kappa shape index (κ3) is 6.54. The van der Waals surface area contributed by atoms with Crippen molar-refractivity contribution in [1.82, 2.24) is 15.5 Å². The zero-order chi connectivity index (χ0) is 12.7. The van der Waals surface area contributed by atoms with E-state index < -0.39 is 12.8 Å². The Morgan fingerprint density at radius 2 is 2.00 bits per heavy atom. The van der Waals surface area contributed by atoms with Crippen molar-refractivity contribution in [2.45, 2.75) is 26.1 Å². The first-order valence-electron chi connectivity index (χ1n) is 5.17. The van der Waals surface area contributed by atoms with Crippen molar-refractivity contribution in [2.24, 2.45) is 0 Å². The molecule has 0 aliphatic heterocycles. The van der Waals surface area contributed by atoms with Crippen LogP contribution in [0.2, 0.25) is 0 Å². The van der Waals surface area contributed by atoms with Gasteiger partial charge in [-0.2, -0.15) is 13.2 Å². The van der Waals surface area contributed by atoms with Gasteiger partial charge in [0.1, 0.15) is 23.2 Å². The van der Waals surface area contributed by atoms with Crippen molar-refractivity contribution < 1.29 is 17.9 Å². The number of halogens is 3. The van der Waals surface area contributed by atoms with Crippen molar-refractivity contribution in [2.75, 3.05) is 19.7 Å². The molecule has 0 amide bonds. The molecule has 17 heavy (non-hydrogen) atoms. The molecule has 0 spiro atoms. The van der Waals surface area contributed by atoms with Gasteiger partial charge in [-0.25, -0.2) is 0 Å². The molecule has 0 aliphatic rings. The minimum Gasteiger partial charge on any atom is -0.365 e. The number of alkyl halides is 3. The van der Waals surface area contributed by atoms with E-state index in [9.17, 15) is 13.2 Å². The Kier molecular flexibility index (Phi) is 5.79. The molecular formula is C9H14F3N3OS. The van der Waals surface area contributed by atoms with E-state index in [0.29, 0.717) is 5.01 Å². The Hall–Kier alpha value is -0.730. The van der Waals surface area contributed by atoms with Crippen molar-refractivity contribution in [3.8, 4) is 0 Å². The largest absolute Gasteiger partial charge is 0.411 e. The summed E-state index contributed by atoms with van der Waals surface area (Å²) in [7, 11) is 0. The number of rotatable bonds is 7. The molecule has 1 N–H and O–H groups in total. The van der Waals surface area contributed by atoms with Crippen molar-refractivity contribution in [1.29, 1.82) is 0 Å². The average molecular weight is 269 g/mol. The molecule has 8 heteroatoms. The van der Waals surface area contributed by atoms with E-state index in [1.54, 1.807) is 0 Å². The summed E-state index contributed by atoms with van der Waals surface area (Å²) in [4.78, 5) is 0. The van der Waals surface area contributed by atoms with Crippen molar-refractivity contribution in [3.63, 3.8) is 0 Å². The second kappa shape index (κ2) is 6.87. The van der Waals surface area contributed by atoms with Gasteiger partial charge in [-0.15, -0.1) is 10.2 Å². The predicted molar refractivity (Wildman–Crippen MR) is 57.9 cm³/mol. The molecule has 1 aromatic heterocycles. The van der Waals surface area contributed by atoms with Crippen LogP contribution in [0.25, 0.3) is 0 Å². The van der Waals surface area contributed by atoms with Gasteiger partial charge in [0.15, 0.2) is 0 Å². The monoisotopic (exact) mass is 269 g/mol.